The average Bonchev–Trinajstić information content (AvgIpc) is 2.16. The number of halogens is 1. The molecule has 1 aliphatic heterocycles. The van der Waals surface area contributed by atoms with E-state index in [2.05, 4.69) is 28.7 Å². The van der Waals surface area contributed by atoms with Crippen LogP contribution in [0.25, 0.3) is 0 Å². The third-order valence-electron chi connectivity index (χ3n) is 2.29. The zero-order valence-electron chi connectivity index (χ0n) is 9.12. The zero-order chi connectivity index (χ0) is 11.4. The molecule has 15 heavy (non-hydrogen) atoms. The number of esters is 1. The van der Waals surface area contributed by atoms with E-state index in [4.69, 9.17) is 9.47 Å². The van der Waals surface area contributed by atoms with Gasteiger partial charge in [-0.05, 0) is 39.2 Å². The quantitative estimate of drug-likeness (QED) is 0.592. The van der Waals surface area contributed by atoms with Crippen molar-refractivity contribution in [3.8, 4) is 0 Å². The first-order valence-corrected chi connectivity index (χ1v) is 5.91. The molecule has 0 radical (unpaired) electrons. The summed E-state index contributed by atoms with van der Waals surface area (Å²) in [5.74, 6) is 0.189. The number of hydrogen-bond acceptors (Lipinski definition) is 3. The Kier molecular flexibility index (Phi) is 4.63. The van der Waals surface area contributed by atoms with E-state index >= 15 is 0 Å². The van der Waals surface area contributed by atoms with Gasteiger partial charge in [0.25, 0.3) is 0 Å². The van der Waals surface area contributed by atoms with Gasteiger partial charge in [0, 0.05) is 12.3 Å². The van der Waals surface area contributed by atoms with Gasteiger partial charge in [0.05, 0.1) is 7.11 Å². The van der Waals surface area contributed by atoms with Crippen molar-refractivity contribution < 1.29 is 14.3 Å². The van der Waals surface area contributed by atoms with Crippen LogP contribution in [-0.4, -0.2) is 19.2 Å². The Morgan fingerprint density at radius 1 is 1.80 bits per heavy atom. The molecule has 0 aliphatic carbocycles. The molecular formula is C11H15IO3. The third-order valence-corrected chi connectivity index (χ3v) is 2.65. The Hall–Kier alpha value is -0.520. The highest BCUT2D eigenvalue weighted by molar-refractivity contribution is 14.1. The normalized spacial score (nSPS) is 24.3. The molecule has 0 fully saturated rings. The molecule has 1 rings (SSSR count). The first kappa shape index (κ1) is 12.5. The number of hydrogen-bond donors (Lipinski definition) is 0. The fraction of sp³-hybridized carbons (Fsp3) is 0.545. The molecule has 0 unspecified atom stereocenters. The van der Waals surface area contributed by atoms with Gasteiger partial charge in [-0.3, -0.25) is 0 Å². The number of carbonyl (C=O) groups is 1. The summed E-state index contributed by atoms with van der Waals surface area (Å²) < 4.78 is 11.4. The summed E-state index contributed by atoms with van der Waals surface area (Å²) >= 11 is 2.25. The van der Waals surface area contributed by atoms with Gasteiger partial charge in [-0.2, -0.15) is 0 Å². The first-order valence-electron chi connectivity index (χ1n) is 4.83. The summed E-state index contributed by atoms with van der Waals surface area (Å²) in [6.07, 6.45) is 4.55. The molecule has 3 nitrogen and oxygen atoms in total. The highest BCUT2D eigenvalue weighted by Gasteiger charge is 2.26. The van der Waals surface area contributed by atoms with Gasteiger partial charge in [-0.1, -0.05) is 13.0 Å². The van der Waals surface area contributed by atoms with Crippen molar-refractivity contribution in [1.82, 2.24) is 0 Å². The molecular weight excluding hydrogens is 307 g/mol. The molecule has 0 N–H and O–H groups in total. The van der Waals surface area contributed by atoms with Crippen LogP contribution < -0.4 is 0 Å². The van der Waals surface area contributed by atoms with Crippen LogP contribution in [0.15, 0.2) is 21.5 Å². The number of carbonyl (C=O) groups excluding carboxylic acids is 1. The molecule has 1 aliphatic rings. The molecule has 0 aromatic rings. The summed E-state index contributed by atoms with van der Waals surface area (Å²) in [4.78, 5) is 11.4. The number of ether oxygens (including phenoxy) is 2. The minimum atomic E-state index is -0.361. The third kappa shape index (κ3) is 3.52. The van der Waals surface area contributed by atoms with Crippen LogP contribution in [-0.2, 0) is 14.3 Å². The van der Waals surface area contributed by atoms with Crippen molar-refractivity contribution in [2.45, 2.75) is 26.4 Å². The molecule has 84 valence electrons. The van der Waals surface area contributed by atoms with E-state index < -0.39 is 0 Å². The monoisotopic (exact) mass is 322 g/mol. The van der Waals surface area contributed by atoms with E-state index in [1.165, 1.54) is 10.7 Å². The summed E-state index contributed by atoms with van der Waals surface area (Å²) in [6, 6.07) is 0. The molecule has 0 saturated carbocycles. The minimum absolute atomic E-state index is 0.0684. The van der Waals surface area contributed by atoms with Crippen molar-refractivity contribution in [2.75, 3.05) is 7.11 Å². The van der Waals surface area contributed by atoms with Crippen LogP contribution in [0, 0.1) is 5.92 Å². The highest BCUT2D eigenvalue weighted by Crippen LogP contribution is 2.23. The maximum absolute atomic E-state index is 11.4. The molecule has 0 aromatic heterocycles. The van der Waals surface area contributed by atoms with Crippen LogP contribution in [0.2, 0.25) is 0 Å². The highest BCUT2D eigenvalue weighted by atomic mass is 127. The Labute approximate surface area is 104 Å². The fourth-order valence-corrected chi connectivity index (χ4v) is 2.08. The van der Waals surface area contributed by atoms with Gasteiger partial charge in [-0.25, -0.2) is 4.79 Å². The Bertz CT molecular complexity index is 303. The Morgan fingerprint density at radius 2 is 2.47 bits per heavy atom. The van der Waals surface area contributed by atoms with Gasteiger partial charge >= 0.3 is 5.97 Å². The van der Waals surface area contributed by atoms with E-state index in [9.17, 15) is 4.79 Å². The van der Waals surface area contributed by atoms with Gasteiger partial charge in [-0.15, -0.1) is 0 Å². The number of allylic oxidation sites excluding steroid dienone is 1. The van der Waals surface area contributed by atoms with E-state index in [0.29, 0.717) is 5.76 Å². The van der Waals surface area contributed by atoms with E-state index in [-0.39, 0.29) is 18.0 Å². The zero-order valence-corrected chi connectivity index (χ0v) is 11.3. The summed E-state index contributed by atoms with van der Waals surface area (Å²) in [6.45, 7) is 4.07. The van der Waals surface area contributed by atoms with Crippen molar-refractivity contribution in [3.05, 3.63) is 21.5 Å². The Morgan fingerprint density at radius 3 is 2.93 bits per heavy atom. The largest absolute Gasteiger partial charge is 0.490 e. The lowest BCUT2D eigenvalue weighted by molar-refractivity contribution is -0.151. The standard InChI is InChI=1S/C11H15IO3/c1-7(6-8(2)12)9-4-5-10(14-3)11(13)15-9/h5-7,9H,4H2,1-3H3/t7-,9-/m0/s1. The maximum Gasteiger partial charge on any atom is 0.373 e. The maximum atomic E-state index is 11.4. The van der Waals surface area contributed by atoms with Gasteiger partial charge in [0.15, 0.2) is 5.76 Å². The second-order valence-corrected chi connectivity index (χ2v) is 5.27. The number of methoxy groups -OCH3 is 1. The predicted molar refractivity (Wildman–Crippen MR) is 66.5 cm³/mol. The molecule has 2 atom stereocenters. The SMILES string of the molecule is COC1=CC[C@@H]([C@@H](C)C=C(C)I)OC1=O. The van der Waals surface area contributed by atoms with Crippen molar-refractivity contribution in [2.24, 2.45) is 5.92 Å². The second kappa shape index (κ2) is 5.53. The summed E-state index contributed by atoms with van der Waals surface area (Å²) in [5.41, 5.74) is 0. The Balaban J connectivity index is 2.66. The van der Waals surface area contributed by atoms with E-state index in [0.717, 1.165) is 6.42 Å². The van der Waals surface area contributed by atoms with Crippen LogP contribution in [0.3, 0.4) is 0 Å². The fourth-order valence-electron chi connectivity index (χ4n) is 1.51. The lowest BCUT2D eigenvalue weighted by Crippen LogP contribution is -2.28. The lowest BCUT2D eigenvalue weighted by Gasteiger charge is -2.25. The molecule has 0 aromatic carbocycles. The molecule has 1 heterocycles. The van der Waals surface area contributed by atoms with Crippen molar-refractivity contribution in [3.63, 3.8) is 0 Å². The predicted octanol–water partition coefficient (Wildman–Crippen LogP) is 2.81. The molecule has 4 heteroatoms. The van der Waals surface area contributed by atoms with Gasteiger partial charge in [0.2, 0.25) is 0 Å². The number of rotatable bonds is 3. The van der Waals surface area contributed by atoms with Crippen molar-refractivity contribution >= 4 is 28.6 Å². The summed E-state index contributed by atoms with van der Waals surface area (Å²) in [7, 11) is 1.48. The topological polar surface area (TPSA) is 35.5 Å². The van der Waals surface area contributed by atoms with Crippen molar-refractivity contribution in [1.29, 1.82) is 0 Å². The summed E-state index contributed by atoms with van der Waals surface area (Å²) in [5, 5.41) is 0. The van der Waals surface area contributed by atoms with Crippen LogP contribution in [0.5, 0.6) is 0 Å². The lowest BCUT2D eigenvalue weighted by atomic mass is 9.99. The first-order chi connectivity index (χ1) is 7.04. The molecule has 0 saturated heterocycles. The van der Waals surface area contributed by atoms with Crippen LogP contribution in [0.1, 0.15) is 20.3 Å². The van der Waals surface area contributed by atoms with E-state index in [1.54, 1.807) is 6.08 Å². The average molecular weight is 322 g/mol. The van der Waals surface area contributed by atoms with Gasteiger partial charge in [0.1, 0.15) is 6.10 Å². The molecule has 0 spiro atoms. The second-order valence-electron chi connectivity index (χ2n) is 3.56. The van der Waals surface area contributed by atoms with Crippen LogP contribution >= 0.6 is 22.6 Å². The van der Waals surface area contributed by atoms with E-state index in [1.807, 2.05) is 13.8 Å². The molecule has 0 amide bonds. The minimum Gasteiger partial charge on any atom is -0.490 e. The smallest absolute Gasteiger partial charge is 0.373 e. The number of cyclic esters (lactones) is 1. The van der Waals surface area contributed by atoms with Gasteiger partial charge < -0.3 is 9.47 Å². The molecule has 0 bridgehead atoms. The van der Waals surface area contributed by atoms with Crippen LogP contribution in [0.4, 0.5) is 0 Å².